The predicted octanol–water partition coefficient (Wildman–Crippen LogP) is -6.25. The van der Waals surface area contributed by atoms with Crippen molar-refractivity contribution in [2.24, 2.45) is 0 Å². The summed E-state index contributed by atoms with van der Waals surface area (Å²) in [6.45, 7) is 0.737. The molecule has 0 amide bonds. The van der Waals surface area contributed by atoms with Crippen molar-refractivity contribution in [2.75, 3.05) is 6.61 Å². The second kappa shape index (κ2) is 7.78. The molecular weight excluding hydrogens is 399 g/mol. The van der Waals surface area contributed by atoms with E-state index in [0.717, 1.165) is 0 Å². The fourth-order valence-electron chi connectivity index (χ4n) is 3.19. The van der Waals surface area contributed by atoms with Gasteiger partial charge in [-0.15, -0.1) is 0 Å². The molecule has 27 heavy (non-hydrogen) atoms. The largest absolute Gasteiger partial charge is 1.00 e. The minimum atomic E-state index is -6.93. The van der Waals surface area contributed by atoms with Gasteiger partial charge in [0, 0.05) is 13.8 Å². The number of carbonyl (C=O) groups is 4. The van der Waals surface area contributed by atoms with Crippen LogP contribution in [0.4, 0.5) is 0 Å². The summed E-state index contributed by atoms with van der Waals surface area (Å²) in [4.78, 5) is 44.8. The zero-order chi connectivity index (χ0) is 20.9. The van der Waals surface area contributed by atoms with Crippen LogP contribution in [-0.2, 0) is 33.3 Å². The second-order valence-electron chi connectivity index (χ2n) is 6.13. The van der Waals surface area contributed by atoms with Gasteiger partial charge in [-0.3, -0.25) is 19.2 Å². The fourth-order valence-corrected chi connectivity index (χ4v) is 6.06. The van der Waals surface area contributed by atoms with Crippen molar-refractivity contribution in [1.29, 1.82) is 0 Å². The molecule has 150 valence electrons. The number of sulfone groups is 3. The van der Waals surface area contributed by atoms with Gasteiger partial charge in [0.15, 0.2) is 11.6 Å². The monoisotopic (exact) mass is 420 g/mol. The third kappa shape index (κ3) is 2.94. The first-order chi connectivity index (χ1) is 11.6. The maximum absolute atomic E-state index is 13.4. The Balaban J connectivity index is 0.00000676. The summed E-state index contributed by atoms with van der Waals surface area (Å²) >= 11 is 0. The van der Waals surface area contributed by atoms with Crippen molar-refractivity contribution in [2.45, 2.75) is 56.5 Å². The summed E-state index contributed by atoms with van der Waals surface area (Å²) in [5, 5.41) is 36.5. The molecule has 0 saturated carbocycles. The quantitative estimate of drug-likeness (QED) is 0.315. The van der Waals surface area contributed by atoms with Gasteiger partial charge in [-0.1, -0.05) is 0 Å². The molecule has 1 unspecified atom stereocenters. The topological polar surface area (TPSA) is 199 Å². The van der Waals surface area contributed by atoms with Gasteiger partial charge in [-0.2, -0.15) is 9.35 Å². The van der Waals surface area contributed by atoms with Crippen molar-refractivity contribution >= 4 is 31.1 Å². The van der Waals surface area contributed by atoms with Crippen LogP contribution in [0.5, 0.6) is 0 Å². The first-order valence-electron chi connectivity index (χ1n) is 7.37. The van der Waals surface area contributed by atoms with Gasteiger partial charge >= 0.3 is 29.6 Å². The molecule has 0 aromatic carbocycles. The fraction of sp³-hybridized carbons (Fsp3) is 0.714. The van der Waals surface area contributed by atoms with Crippen molar-refractivity contribution in [3.63, 3.8) is 0 Å². The van der Waals surface area contributed by atoms with Gasteiger partial charge in [0.1, 0.15) is 18.3 Å². The summed E-state index contributed by atoms with van der Waals surface area (Å²) in [7, 11) is -6.93. The molecule has 11 nitrogen and oxygen atoms in total. The third-order valence-electron chi connectivity index (χ3n) is 4.70. The van der Waals surface area contributed by atoms with Crippen molar-refractivity contribution < 1.29 is 82.7 Å². The van der Waals surface area contributed by atoms with Crippen LogP contribution in [-0.4, -0.2) is 86.4 Å². The van der Waals surface area contributed by atoms with E-state index in [1.165, 1.54) is 0 Å². The third-order valence-corrected chi connectivity index (χ3v) is 8.53. The Kier molecular flexibility index (Phi) is 7.66. The van der Waals surface area contributed by atoms with E-state index in [1.54, 1.807) is 0 Å². The first-order valence-corrected chi connectivity index (χ1v) is 9.26. The molecule has 5 atom stereocenters. The SMILES string of the molecule is CC(=O)C1(S(=O)([O-])(C(C)=O)C(C)=O)O[C@H](CO)[C@@H](O)[C@H](O)[C@]1(O)C(C)=O.[Na+]. The minimum Gasteiger partial charge on any atom is -0.755 e. The molecule has 0 aromatic heterocycles. The van der Waals surface area contributed by atoms with Gasteiger partial charge in [0.05, 0.1) is 6.61 Å². The Bertz CT molecular complexity index is 731. The number of aliphatic hydroxyl groups is 4. The molecule has 0 bridgehead atoms. The van der Waals surface area contributed by atoms with Crippen molar-refractivity contribution in [1.82, 2.24) is 0 Å². The number of ether oxygens (including phenoxy) is 1. The van der Waals surface area contributed by atoms with E-state index < -0.39 is 66.6 Å². The Hall–Kier alpha value is -0.410. The Labute approximate surface area is 176 Å². The molecule has 4 N–H and O–H groups in total. The summed E-state index contributed by atoms with van der Waals surface area (Å²) in [6.07, 6.45) is -6.89. The average molecular weight is 420 g/mol. The minimum absolute atomic E-state index is 0. The van der Waals surface area contributed by atoms with E-state index in [2.05, 4.69) is 0 Å². The van der Waals surface area contributed by atoms with Gasteiger partial charge < -0.3 is 29.7 Å². The molecule has 0 radical (unpaired) electrons. The second-order valence-corrected chi connectivity index (χ2v) is 9.60. The van der Waals surface area contributed by atoms with Crippen LogP contribution < -0.4 is 29.6 Å². The summed E-state index contributed by atoms with van der Waals surface area (Å²) in [6, 6.07) is 0. The van der Waals surface area contributed by atoms with E-state index in [4.69, 9.17) is 4.74 Å². The standard InChI is InChI=1S/C14H22O11S.Na/c1-6(16)13(22)12(21)11(20)10(5-15)25-14(13,7(2)17)26(23,24,8(3)18)9(4)19;/h10-12,15,20-22H,5H2,1-4H3,(H,23,24);/q;+1/p-1/t10-,11-,12+,13-,14?;/m1./s1. The zero-order valence-corrected chi connectivity index (χ0v) is 18.3. The van der Waals surface area contributed by atoms with Crippen LogP contribution in [0.3, 0.4) is 0 Å². The van der Waals surface area contributed by atoms with E-state index in [9.17, 15) is 48.4 Å². The number of carbonyl (C=O) groups excluding carboxylic acids is 4. The van der Waals surface area contributed by atoms with Crippen LogP contribution in [0, 0.1) is 0 Å². The van der Waals surface area contributed by atoms with Gasteiger partial charge in [-0.05, 0) is 13.8 Å². The molecule has 1 rings (SSSR count). The summed E-state index contributed by atoms with van der Waals surface area (Å²) in [5.74, 6) is -3.23. The molecule has 0 aliphatic carbocycles. The van der Waals surface area contributed by atoms with Crippen LogP contribution in [0.1, 0.15) is 27.7 Å². The zero-order valence-electron chi connectivity index (χ0n) is 15.5. The number of aliphatic hydroxyl groups excluding tert-OH is 3. The average Bonchev–Trinajstić information content (AvgIpc) is 2.52. The van der Waals surface area contributed by atoms with Crippen LogP contribution >= 0.6 is 0 Å². The predicted molar refractivity (Wildman–Crippen MR) is 83.3 cm³/mol. The van der Waals surface area contributed by atoms with E-state index in [-0.39, 0.29) is 29.6 Å². The molecule has 0 spiro atoms. The normalized spacial score (nSPS) is 35.3. The molecule has 1 saturated heterocycles. The van der Waals surface area contributed by atoms with Gasteiger partial charge in [0.2, 0.25) is 20.8 Å². The van der Waals surface area contributed by atoms with Crippen molar-refractivity contribution in [3.05, 3.63) is 0 Å². The molecular formula is C14H21NaO11S. The molecule has 1 fully saturated rings. The van der Waals surface area contributed by atoms with E-state index in [1.807, 2.05) is 0 Å². The Morgan fingerprint density at radius 3 is 1.70 bits per heavy atom. The maximum atomic E-state index is 13.4. The number of Topliss-reactive ketones (excluding diaryl/α,β-unsaturated/α-hetero) is 2. The van der Waals surface area contributed by atoms with Gasteiger partial charge in [0.25, 0.3) is 0 Å². The van der Waals surface area contributed by atoms with Gasteiger partial charge in [-0.25, -0.2) is 4.21 Å². The molecule has 1 aliphatic rings. The molecule has 1 aliphatic heterocycles. The Morgan fingerprint density at radius 2 is 1.44 bits per heavy atom. The van der Waals surface area contributed by atoms with E-state index in [0.29, 0.717) is 27.7 Å². The maximum Gasteiger partial charge on any atom is 1.00 e. The molecule has 1 heterocycles. The number of hydrogen-bond donors (Lipinski definition) is 4. The summed E-state index contributed by atoms with van der Waals surface area (Å²) in [5.41, 5.74) is -3.70. The number of hydrogen-bond acceptors (Lipinski definition) is 11. The van der Waals surface area contributed by atoms with Crippen LogP contribution in [0.15, 0.2) is 0 Å². The van der Waals surface area contributed by atoms with E-state index >= 15 is 0 Å². The number of ketones is 2. The smallest absolute Gasteiger partial charge is 0.755 e. The first kappa shape index (κ1) is 26.6. The van der Waals surface area contributed by atoms with Crippen LogP contribution in [0.2, 0.25) is 0 Å². The van der Waals surface area contributed by atoms with Crippen LogP contribution in [0.25, 0.3) is 0 Å². The summed E-state index contributed by atoms with van der Waals surface area (Å²) < 4.78 is 31.6. The van der Waals surface area contributed by atoms with Crippen molar-refractivity contribution in [3.8, 4) is 0 Å². The number of rotatable bonds is 4. The Morgan fingerprint density at radius 1 is 1.04 bits per heavy atom. The molecule has 0 aromatic rings. The molecule has 13 heteroatoms.